The lowest BCUT2D eigenvalue weighted by atomic mass is 10.1. The average Bonchev–Trinajstić information content (AvgIpc) is 2.99. The first-order valence-corrected chi connectivity index (χ1v) is 7.26. The molecule has 2 aromatic heterocycles. The molecule has 0 aliphatic carbocycles. The number of nitrogens with zero attached hydrogens (tertiary/aromatic N) is 2. The lowest BCUT2D eigenvalue weighted by Gasteiger charge is -2.03. The molecule has 0 atom stereocenters. The summed E-state index contributed by atoms with van der Waals surface area (Å²) in [5.74, 6) is -0.543. The third-order valence-electron chi connectivity index (χ3n) is 3.28. The van der Waals surface area contributed by atoms with Gasteiger partial charge >= 0.3 is 5.97 Å². The third kappa shape index (κ3) is 3.30. The summed E-state index contributed by atoms with van der Waals surface area (Å²) in [6.07, 6.45) is 0.261. The maximum absolute atomic E-state index is 12.1. The molecule has 0 saturated heterocycles. The number of amides is 1. The van der Waals surface area contributed by atoms with Gasteiger partial charge in [-0.05, 0) is 19.9 Å². The Hall–Kier alpha value is -2.15. The molecule has 0 fully saturated rings. The van der Waals surface area contributed by atoms with Crippen molar-refractivity contribution in [2.45, 2.75) is 20.3 Å². The number of anilines is 1. The maximum Gasteiger partial charge on any atom is 0.338 e. The minimum atomic E-state index is -0.411. The van der Waals surface area contributed by atoms with Crippen LogP contribution in [-0.2, 0) is 23.0 Å². The van der Waals surface area contributed by atoms with Crippen LogP contribution in [0, 0.1) is 13.8 Å². The topological polar surface area (TPSA) is 73.2 Å². The number of ether oxygens (including phenoxy) is 1. The van der Waals surface area contributed by atoms with Crippen LogP contribution >= 0.6 is 11.3 Å². The molecule has 0 aliphatic heterocycles. The normalized spacial score (nSPS) is 10.5. The Morgan fingerprint density at radius 2 is 2.14 bits per heavy atom. The van der Waals surface area contributed by atoms with Crippen molar-refractivity contribution in [1.82, 2.24) is 9.78 Å². The van der Waals surface area contributed by atoms with Gasteiger partial charge in [0.25, 0.3) is 0 Å². The molecule has 1 N–H and O–H groups in total. The summed E-state index contributed by atoms with van der Waals surface area (Å²) >= 11 is 1.29. The van der Waals surface area contributed by atoms with Crippen LogP contribution in [0.4, 0.5) is 5.00 Å². The van der Waals surface area contributed by atoms with Gasteiger partial charge in [0.1, 0.15) is 0 Å². The van der Waals surface area contributed by atoms with Crippen LogP contribution in [0.2, 0.25) is 0 Å². The quantitative estimate of drug-likeness (QED) is 0.878. The van der Waals surface area contributed by atoms with E-state index in [4.69, 9.17) is 0 Å². The lowest BCUT2D eigenvalue weighted by Crippen LogP contribution is -2.14. The predicted octanol–water partition coefficient (Wildman–Crippen LogP) is 2.07. The van der Waals surface area contributed by atoms with Crippen molar-refractivity contribution in [3.8, 4) is 0 Å². The minimum Gasteiger partial charge on any atom is -0.465 e. The lowest BCUT2D eigenvalue weighted by molar-refractivity contribution is -0.115. The van der Waals surface area contributed by atoms with Gasteiger partial charge in [-0.15, -0.1) is 11.3 Å². The van der Waals surface area contributed by atoms with E-state index in [1.807, 2.05) is 20.9 Å². The molecule has 0 aromatic carbocycles. The van der Waals surface area contributed by atoms with Gasteiger partial charge in [0, 0.05) is 23.7 Å². The molecule has 7 heteroatoms. The number of carbonyl (C=O) groups is 2. The Balaban J connectivity index is 2.05. The van der Waals surface area contributed by atoms with Crippen LogP contribution in [0.3, 0.4) is 0 Å². The molecule has 0 radical (unpaired) electrons. The highest BCUT2D eigenvalue weighted by Gasteiger charge is 2.15. The number of hydrogen-bond donors (Lipinski definition) is 1. The van der Waals surface area contributed by atoms with E-state index in [9.17, 15) is 9.59 Å². The van der Waals surface area contributed by atoms with E-state index in [2.05, 4.69) is 15.2 Å². The molecule has 0 bridgehead atoms. The Morgan fingerprint density at radius 3 is 2.71 bits per heavy atom. The molecular formula is C14H17N3O3S. The van der Waals surface area contributed by atoms with Crippen LogP contribution in [-0.4, -0.2) is 28.8 Å². The number of aromatic nitrogens is 2. The van der Waals surface area contributed by atoms with Gasteiger partial charge < -0.3 is 10.1 Å². The molecule has 0 spiro atoms. The number of thiophene rings is 1. The first kappa shape index (κ1) is 15.2. The molecule has 0 aliphatic rings. The molecule has 21 heavy (non-hydrogen) atoms. The fourth-order valence-electron chi connectivity index (χ4n) is 2.04. The van der Waals surface area contributed by atoms with Gasteiger partial charge in [-0.25, -0.2) is 4.79 Å². The molecule has 0 unspecified atom stereocenters. The summed E-state index contributed by atoms with van der Waals surface area (Å²) in [5, 5.41) is 9.35. The highest BCUT2D eigenvalue weighted by Crippen LogP contribution is 2.21. The number of carbonyl (C=O) groups excluding carboxylic acids is 2. The largest absolute Gasteiger partial charge is 0.465 e. The van der Waals surface area contributed by atoms with Crippen LogP contribution in [0.15, 0.2) is 11.4 Å². The number of hydrogen-bond acceptors (Lipinski definition) is 5. The van der Waals surface area contributed by atoms with Crippen molar-refractivity contribution < 1.29 is 14.3 Å². The van der Waals surface area contributed by atoms with E-state index in [1.165, 1.54) is 18.4 Å². The van der Waals surface area contributed by atoms with Gasteiger partial charge in [0.2, 0.25) is 5.91 Å². The second kappa shape index (κ2) is 6.09. The summed E-state index contributed by atoms with van der Waals surface area (Å²) in [7, 11) is 3.18. The van der Waals surface area contributed by atoms with Crippen molar-refractivity contribution in [3.05, 3.63) is 34.0 Å². The zero-order valence-corrected chi connectivity index (χ0v) is 13.2. The Bertz CT molecular complexity index is 688. The Morgan fingerprint density at radius 1 is 1.43 bits per heavy atom. The monoisotopic (exact) mass is 307 g/mol. The Kier molecular flexibility index (Phi) is 4.42. The van der Waals surface area contributed by atoms with Crippen LogP contribution in [0.25, 0.3) is 0 Å². The van der Waals surface area contributed by atoms with Crippen molar-refractivity contribution in [1.29, 1.82) is 0 Å². The van der Waals surface area contributed by atoms with Crippen LogP contribution in [0.1, 0.15) is 27.3 Å². The van der Waals surface area contributed by atoms with E-state index in [-0.39, 0.29) is 12.3 Å². The standard InChI is InChI=1S/C14H17N3O3S/c1-8-11(9(2)17(3)16-8)6-12(18)15-13-5-10(7-21-13)14(19)20-4/h5,7H,6H2,1-4H3,(H,15,18). The number of nitrogens with one attached hydrogen (secondary N) is 1. The fourth-order valence-corrected chi connectivity index (χ4v) is 2.83. The van der Waals surface area contributed by atoms with Crippen molar-refractivity contribution in [3.63, 3.8) is 0 Å². The number of esters is 1. The van der Waals surface area contributed by atoms with E-state index in [0.29, 0.717) is 10.6 Å². The van der Waals surface area contributed by atoms with Gasteiger partial charge in [0.05, 0.1) is 29.8 Å². The summed E-state index contributed by atoms with van der Waals surface area (Å²) in [4.78, 5) is 23.4. The summed E-state index contributed by atoms with van der Waals surface area (Å²) in [5.41, 5.74) is 3.20. The Labute approximate surface area is 126 Å². The van der Waals surface area contributed by atoms with Crippen LogP contribution < -0.4 is 5.32 Å². The van der Waals surface area contributed by atoms with E-state index >= 15 is 0 Å². The van der Waals surface area contributed by atoms with Gasteiger partial charge in [0.15, 0.2) is 0 Å². The highest BCUT2D eigenvalue weighted by atomic mass is 32.1. The second-order valence-electron chi connectivity index (χ2n) is 4.69. The summed E-state index contributed by atoms with van der Waals surface area (Å²) < 4.78 is 6.39. The molecule has 6 nitrogen and oxygen atoms in total. The van der Waals surface area contributed by atoms with Crippen molar-refractivity contribution in [2.75, 3.05) is 12.4 Å². The summed E-state index contributed by atoms with van der Waals surface area (Å²) in [6.45, 7) is 3.82. The SMILES string of the molecule is COC(=O)c1csc(NC(=O)Cc2c(C)nn(C)c2C)c1. The molecule has 0 saturated carbocycles. The summed E-state index contributed by atoms with van der Waals surface area (Å²) in [6, 6.07) is 1.61. The highest BCUT2D eigenvalue weighted by molar-refractivity contribution is 7.14. The van der Waals surface area contributed by atoms with Crippen molar-refractivity contribution in [2.24, 2.45) is 7.05 Å². The first-order chi connectivity index (χ1) is 9.92. The molecule has 2 rings (SSSR count). The number of methoxy groups -OCH3 is 1. The zero-order valence-electron chi connectivity index (χ0n) is 12.4. The third-order valence-corrected chi connectivity index (χ3v) is 4.13. The molecule has 2 heterocycles. The molecular weight excluding hydrogens is 290 g/mol. The van der Waals surface area contributed by atoms with Crippen LogP contribution in [0.5, 0.6) is 0 Å². The second-order valence-corrected chi connectivity index (χ2v) is 5.60. The van der Waals surface area contributed by atoms with Gasteiger partial charge in [-0.2, -0.15) is 5.10 Å². The smallest absolute Gasteiger partial charge is 0.338 e. The molecule has 1 amide bonds. The van der Waals surface area contributed by atoms with Gasteiger partial charge in [-0.3, -0.25) is 9.48 Å². The maximum atomic E-state index is 12.1. The zero-order chi connectivity index (χ0) is 15.6. The van der Waals surface area contributed by atoms with E-state index in [1.54, 1.807) is 16.1 Å². The first-order valence-electron chi connectivity index (χ1n) is 6.38. The number of rotatable bonds is 4. The van der Waals surface area contributed by atoms with Crippen molar-refractivity contribution >= 4 is 28.2 Å². The average molecular weight is 307 g/mol. The molecule has 2 aromatic rings. The molecule has 112 valence electrons. The predicted molar refractivity (Wildman–Crippen MR) is 80.7 cm³/mol. The minimum absolute atomic E-state index is 0.132. The van der Waals surface area contributed by atoms with Gasteiger partial charge in [-0.1, -0.05) is 0 Å². The number of aryl methyl sites for hydroxylation is 2. The van der Waals surface area contributed by atoms with E-state index in [0.717, 1.165) is 17.0 Å². The van der Waals surface area contributed by atoms with E-state index < -0.39 is 5.97 Å². The fraction of sp³-hybridized carbons (Fsp3) is 0.357.